The van der Waals surface area contributed by atoms with Crippen LogP contribution in [0.1, 0.15) is 149 Å². The van der Waals surface area contributed by atoms with E-state index in [4.69, 9.17) is 18.9 Å². The Morgan fingerprint density at radius 2 is 1.02 bits per heavy atom. The lowest BCUT2D eigenvalue weighted by molar-refractivity contribution is -0.260. The number of ether oxygens (including phenoxy) is 4. The van der Waals surface area contributed by atoms with Crippen LogP contribution in [0.5, 0.6) is 0 Å². The van der Waals surface area contributed by atoms with Crippen molar-refractivity contribution in [3.05, 3.63) is 72.9 Å². The van der Waals surface area contributed by atoms with Gasteiger partial charge >= 0.3 is 11.9 Å². The molecule has 314 valence electrons. The van der Waals surface area contributed by atoms with Crippen LogP contribution in [0.15, 0.2) is 72.9 Å². The zero-order valence-electron chi connectivity index (χ0n) is 34.3. The van der Waals surface area contributed by atoms with E-state index in [0.29, 0.717) is 12.8 Å². The first kappa shape index (κ1) is 50.2. The van der Waals surface area contributed by atoms with E-state index in [1.54, 1.807) is 0 Å². The molecule has 1 aliphatic heterocycles. The summed E-state index contributed by atoms with van der Waals surface area (Å²) in [7, 11) is 0. The average molecular weight is 773 g/mol. The van der Waals surface area contributed by atoms with Gasteiger partial charge in [-0.3, -0.25) is 9.59 Å². The van der Waals surface area contributed by atoms with Gasteiger partial charge in [0.2, 0.25) is 0 Å². The number of hydrogen-bond acceptors (Lipinski definition) is 9. The molecule has 1 saturated heterocycles. The standard InChI is InChI=1S/C46H76O9/c1-3-5-7-9-11-13-15-17-19-21-23-25-27-29-31-33-43(49)52-37-40(39-54-45-35-41(48)46(51)42(36-47)55-45)38-53-44(50)34-32-30-28-26-24-22-20-18-16-14-12-10-8-6-4-2/h5-8,11-14,17-20,40-42,45-48,51H,3-4,9-10,15-16,21-39H2,1-2H3/b7-5-,8-6-,13-11-,14-12-,19-17-,20-18-. The van der Waals surface area contributed by atoms with Crippen molar-refractivity contribution in [3.63, 3.8) is 0 Å². The molecule has 9 nitrogen and oxygen atoms in total. The number of allylic oxidation sites excluding steroid dienone is 12. The summed E-state index contributed by atoms with van der Waals surface area (Å²) < 4.78 is 22.5. The topological polar surface area (TPSA) is 132 Å². The van der Waals surface area contributed by atoms with Crippen LogP contribution < -0.4 is 0 Å². The van der Waals surface area contributed by atoms with E-state index < -0.39 is 37.1 Å². The van der Waals surface area contributed by atoms with E-state index in [9.17, 15) is 24.9 Å². The molecule has 0 amide bonds. The second-order valence-corrected chi connectivity index (χ2v) is 14.3. The van der Waals surface area contributed by atoms with Crippen molar-refractivity contribution in [2.45, 2.75) is 173 Å². The summed E-state index contributed by atoms with van der Waals surface area (Å²) in [5.74, 6) is -1.03. The Morgan fingerprint density at radius 1 is 0.600 bits per heavy atom. The fourth-order valence-electron chi connectivity index (χ4n) is 5.90. The second kappa shape index (κ2) is 36.8. The number of carbonyl (C=O) groups is 2. The molecule has 4 unspecified atom stereocenters. The van der Waals surface area contributed by atoms with E-state index in [1.807, 2.05) is 0 Å². The van der Waals surface area contributed by atoms with Crippen molar-refractivity contribution in [2.24, 2.45) is 5.92 Å². The summed E-state index contributed by atoms with van der Waals surface area (Å²) in [6.07, 6.45) is 41.3. The average Bonchev–Trinajstić information content (AvgIpc) is 3.18. The number of hydrogen-bond donors (Lipinski definition) is 3. The molecule has 0 aromatic rings. The summed E-state index contributed by atoms with van der Waals surface area (Å²) >= 11 is 0. The largest absolute Gasteiger partial charge is 0.465 e. The fraction of sp³-hybridized carbons (Fsp3) is 0.696. The highest BCUT2D eigenvalue weighted by Crippen LogP contribution is 2.22. The lowest BCUT2D eigenvalue weighted by Crippen LogP contribution is -2.50. The molecule has 3 N–H and O–H groups in total. The quantitative estimate of drug-likeness (QED) is 0.0332. The van der Waals surface area contributed by atoms with E-state index in [0.717, 1.165) is 116 Å². The zero-order chi connectivity index (χ0) is 40.0. The number of aliphatic hydroxyl groups is 3. The molecule has 0 saturated carbocycles. The van der Waals surface area contributed by atoms with Crippen LogP contribution in [-0.4, -0.2) is 78.3 Å². The minimum Gasteiger partial charge on any atom is -0.465 e. The van der Waals surface area contributed by atoms with Gasteiger partial charge in [0.1, 0.15) is 12.2 Å². The first-order valence-electron chi connectivity index (χ1n) is 21.4. The highest BCUT2D eigenvalue weighted by molar-refractivity contribution is 5.69. The summed E-state index contributed by atoms with van der Waals surface area (Å²) in [5, 5.41) is 29.7. The van der Waals surface area contributed by atoms with E-state index in [1.165, 1.54) is 0 Å². The van der Waals surface area contributed by atoms with Gasteiger partial charge < -0.3 is 34.3 Å². The summed E-state index contributed by atoms with van der Waals surface area (Å²) in [6.45, 7) is 3.91. The molecule has 1 heterocycles. The second-order valence-electron chi connectivity index (χ2n) is 14.3. The third kappa shape index (κ3) is 30.1. The normalized spacial score (nSPS) is 19.5. The molecule has 55 heavy (non-hydrogen) atoms. The molecule has 9 heteroatoms. The van der Waals surface area contributed by atoms with Crippen LogP contribution in [0.2, 0.25) is 0 Å². The lowest BCUT2D eigenvalue weighted by Gasteiger charge is -2.36. The van der Waals surface area contributed by atoms with Gasteiger partial charge in [0.05, 0.1) is 38.4 Å². The third-order valence-electron chi connectivity index (χ3n) is 9.26. The smallest absolute Gasteiger partial charge is 0.305 e. The van der Waals surface area contributed by atoms with Crippen molar-refractivity contribution in [2.75, 3.05) is 26.4 Å². The highest BCUT2D eigenvalue weighted by Gasteiger charge is 2.37. The maximum atomic E-state index is 12.5. The Kier molecular flexibility index (Phi) is 33.6. The van der Waals surface area contributed by atoms with Crippen molar-refractivity contribution < 1.29 is 43.9 Å². The molecule has 1 rings (SSSR count). The molecule has 0 spiro atoms. The van der Waals surface area contributed by atoms with Crippen LogP contribution in [0, 0.1) is 5.92 Å². The van der Waals surface area contributed by atoms with Crippen LogP contribution >= 0.6 is 0 Å². The van der Waals surface area contributed by atoms with Gasteiger partial charge in [-0.2, -0.15) is 0 Å². The molecule has 0 bridgehead atoms. The molecule has 1 aliphatic rings. The Bertz CT molecular complexity index is 1040. The summed E-state index contributed by atoms with van der Waals surface area (Å²) in [6, 6.07) is 0. The van der Waals surface area contributed by atoms with Crippen molar-refractivity contribution in [1.29, 1.82) is 0 Å². The minimum atomic E-state index is -1.21. The maximum absolute atomic E-state index is 12.5. The van der Waals surface area contributed by atoms with Crippen molar-refractivity contribution in [1.82, 2.24) is 0 Å². The van der Waals surface area contributed by atoms with E-state index >= 15 is 0 Å². The highest BCUT2D eigenvalue weighted by atomic mass is 16.7. The van der Waals surface area contributed by atoms with Gasteiger partial charge in [0, 0.05) is 19.3 Å². The van der Waals surface area contributed by atoms with Gasteiger partial charge in [-0.15, -0.1) is 0 Å². The van der Waals surface area contributed by atoms with E-state index in [2.05, 4.69) is 86.8 Å². The van der Waals surface area contributed by atoms with Crippen LogP contribution in [0.25, 0.3) is 0 Å². The number of carbonyl (C=O) groups excluding carboxylic acids is 2. The van der Waals surface area contributed by atoms with Gasteiger partial charge in [0.15, 0.2) is 6.29 Å². The van der Waals surface area contributed by atoms with Gasteiger partial charge in [-0.25, -0.2) is 0 Å². The SMILES string of the molecule is CC/C=C\C/C=C\C/C=C\CCCCCCCC(=O)OCC(COC(=O)CCCCCCC/C=C\C/C=C\C/C=C\CC)COC1CC(O)C(O)C(CO)O1. The molecule has 0 aromatic carbocycles. The lowest BCUT2D eigenvalue weighted by atomic mass is 10.0. The van der Waals surface area contributed by atoms with Crippen LogP contribution in [-0.2, 0) is 28.5 Å². The summed E-state index contributed by atoms with van der Waals surface area (Å²) in [4.78, 5) is 25.1. The minimum absolute atomic E-state index is 0.0193. The molecular formula is C46H76O9. The van der Waals surface area contributed by atoms with Crippen LogP contribution in [0.4, 0.5) is 0 Å². The fourth-order valence-corrected chi connectivity index (χ4v) is 5.90. The first-order valence-corrected chi connectivity index (χ1v) is 21.4. The predicted octanol–water partition coefficient (Wildman–Crippen LogP) is 9.71. The van der Waals surface area contributed by atoms with Gasteiger partial charge in [-0.05, 0) is 77.0 Å². The molecule has 1 fully saturated rings. The monoisotopic (exact) mass is 773 g/mol. The Morgan fingerprint density at radius 3 is 1.47 bits per heavy atom. The van der Waals surface area contributed by atoms with Crippen molar-refractivity contribution >= 4 is 11.9 Å². The van der Waals surface area contributed by atoms with Gasteiger partial charge in [-0.1, -0.05) is 125 Å². The number of aliphatic hydroxyl groups excluding tert-OH is 3. The third-order valence-corrected chi connectivity index (χ3v) is 9.26. The molecule has 4 atom stereocenters. The Labute approximate surface area is 333 Å². The number of unbranched alkanes of at least 4 members (excludes halogenated alkanes) is 10. The van der Waals surface area contributed by atoms with E-state index in [-0.39, 0.29) is 38.2 Å². The molecule has 0 radical (unpaired) electrons. The Balaban J connectivity index is 2.32. The predicted molar refractivity (Wildman–Crippen MR) is 222 cm³/mol. The number of rotatable bonds is 34. The number of esters is 2. The summed E-state index contributed by atoms with van der Waals surface area (Å²) in [5.41, 5.74) is 0. The molecular weight excluding hydrogens is 696 g/mol. The van der Waals surface area contributed by atoms with Gasteiger partial charge in [0.25, 0.3) is 0 Å². The van der Waals surface area contributed by atoms with Crippen LogP contribution in [0.3, 0.4) is 0 Å². The maximum Gasteiger partial charge on any atom is 0.305 e. The Hall–Kier alpha value is -2.82. The molecule has 0 aliphatic carbocycles. The van der Waals surface area contributed by atoms with Crippen molar-refractivity contribution in [3.8, 4) is 0 Å². The molecule has 0 aromatic heterocycles. The zero-order valence-corrected chi connectivity index (χ0v) is 34.3. The first-order chi connectivity index (χ1) is 26.9.